The Morgan fingerprint density at radius 1 is 1.53 bits per heavy atom. The first-order chi connectivity index (χ1) is 7.12. The highest BCUT2D eigenvalue weighted by atomic mass is 35.5. The molecule has 0 amide bonds. The summed E-state index contributed by atoms with van der Waals surface area (Å²) in [6.45, 7) is 0.834. The van der Waals surface area contributed by atoms with Gasteiger partial charge in [0, 0.05) is 17.2 Å². The Balaban J connectivity index is 2.27. The first-order valence-corrected chi connectivity index (χ1v) is 5.17. The fourth-order valence-corrected chi connectivity index (χ4v) is 1.87. The number of halogens is 1. The Hall–Kier alpha value is -0.900. The highest BCUT2D eigenvalue weighted by Crippen LogP contribution is 2.22. The molecule has 1 aliphatic rings. The van der Waals surface area contributed by atoms with Crippen LogP contribution in [0.1, 0.15) is 16.8 Å². The molecule has 0 aliphatic carbocycles. The second-order valence-electron chi connectivity index (χ2n) is 3.80. The maximum atomic E-state index is 12.1. The number of ketones is 1. The Bertz CT molecular complexity index is 386. The van der Waals surface area contributed by atoms with E-state index in [1.54, 1.807) is 24.3 Å². The van der Waals surface area contributed by atoms with Gasteiger partial charge in [-0.1, -0.05) is 23.7 Å². The molecule has 1 aliphatic heterocycles. The van der Waals surface area contributed by atoms with Gasteiger partial charge in [-0.2, -0.15) is 0 Å². The molecule has 0 spiro atoms. The largest absolute Gasteiger partial charge is 0.379 e. The molecule has 0 aromatic heterocycles. The number of carbonyl (C=O) groups is 1. The summed E-state index contributed by atoms with van der Waals surface area (Å²) in [6.07, 6.45) is 0.568. The van der Waals surface area contributed by atoms with Crippen LogP contribution >= 0.6 is 11.6 Å². The van der Waals surface area contributed by atoms with Crippen molar-refractivity contribution in [3.05, 3.63) is 34.9 Å². The number of rotatable bonds is 2. The molecule has 15 heavy (non-hydrogen) atoms. The fraction of sp³-hybridized carbons (Fsp3) is 0.364. The zero-order chi connectivity index (χ0) is 10.9. The van der Waals surface area contributed by atoms with Gasteiger partial charge < -0.3 is 10.5 Å². The van der Waals surface area contributed by atoms with Crippen LogP contribution in [0, 0.1) is 0 Å². The quantitative estimate of drug-likeness (QED) is 0.779. The summed E-state index contributed by atoms with van der Waals surface area (Å²) >= 11 is 5.82. The Morgan fingerprint density at radius 2 is 2.33 bits per heavy atom. The standard InChI is InChI=1S/C11H12ClNO2/c12-9-3-1-2-8(6-9)10(14)11(13)4-5-15-7-11/h1-3,6H,4-5,7,13H2. The van der Waals surface area contributed by atoms with Crippen molar-refractivity contribution in [2.24, 2.45) is 5.73 Å². The second kappa shape index (κ2) is 3.93. The normalized spacial score (nSPS) is 25.5. The molecule has 1 aromatic carbocycles. The molecule has 4 heteroatoms. The molecule has 1 aromatic rings. The Labute approximate surface area is 93.2 Å². The third-order valence-electron chi connectivity index (χ3n) is 2.59. The summed E-state index contributed by atoms with van der Waals surface area (Å²) in [6, 6.07) is 6.83. The van der Waals surface area contributed by atoms with E-state index in [1.165, 1.54) is 0 Å². The van der Waals surface area contributed by atoms with E-state index in [4.69, 9.17) is 22.1 Å². The minimum Gasteiger partial charge on any atom is -0.379 e. The number of benzene rings is 1. The molecule has 0 saturated carbocycles. The van der Waals surface area contributed by atoms with Crippen LogP contribution in [0.15, 0.2) is 24.3 Å². The third kappa shape index (κ3) is 2.04. The highest BCUT2D eigenvalue weighted by Gasteiger charge is 2.38. The summed E-state index contributed by atoms with van der Waals surface area (Å²) < 4.78 is 5.15. The van der Waals surface area contributed by atoms with Crippen LogP contribution in [0.2, 0.25) is 5.02 Å². The zero-order valence-electron chi connectivity index (χ0n) is 8.20. The lowest BCUT2D eigenvalue weighted by molar-refractivity contribution is 0.0863. The van der Waals surface area contributed by atoms with E-state index in [2.05, 4.69) is 0 Å². The van der Waals surface area contributed by atoms with Crippen molar-refractivity contribution in [3.8, 4) is 0 Å². The van der Waals surface area contributed by atoms with E-state index in [1.807, 2.05) is 0 Å². The molecule has 0 radical (unpaired) electrons. The van der Waals surface area contributed by atoms with E-state index in [0.29, 0.717) is 30.2 Å². The van der Waals surface area contributed by atoms with Crippen LogP contribution in [-0.4, -0.2) is 24.5 Å². The summed E-state index contributed by atoms with van der Waals surface area (Å²) in [4.78, 5) is 12.1. The SMILES string of the molecule is NC1(C(=O)c2cccc(Cl)c2)CCOC1. The first kappa shape index (κ1) is 10.6. The molecule has 2 rings (SSSR count). The lowest BCUT2D eigenvalue weighted by atomic mass is 9.90. The number of Topliss-reactive ketones (excluding diaryl/α,β-unsaturated/α-hetero) is 1. The minimum atomic E-state index is -0.870. The average Bonchev–Trinajstić information content (AvgIpc) is 2.65. The van der Waals surface area contributed by atoms with Crippen molar-refractivity contribution in [1.82, 2.24) is 0 Å². The molecule has 1 heterocycles. The summed E-state index contributed by atoms with van der Waals surface area (Å²) in [7, 11) is 0. The fourth-order valence-electron chi connectivity index (χ4n) is 1.68. The average molecular weight is 226 g/mol. The van der Waals surface area contributed by atoms with Gasteiger partial charge in [0.05, 0.1) is 6.61 Å². The predicted molar refractivity (Wildman–Crippen MR) is 58.1 cm³/mol. The molecule has 3 nitrogen and oxygen atoms in total. The van der Waals surface area contributed by atoms with Crippen LogP contribution in [0.5, 0.6) is 0 Å². The maximum absolute atomic E-state index is 12.1. The van der Waals surface area contributed by atoms with Gasteiger partial charge in [-0.05, 0) is 18.6 Å². The summed E-state index contributed by atoms with van der Waals surface area (Å²) in [5.41, 5.74) is 5.65. The monoisotopic (exact) mass is 225 g/mol. The molecular formula is C11H12ClNO2. The van der Waals surface area contributed by atoms with Crippen LogP contribution in [0.3, 0.4) is 0 Å². The van der Waals surface area contributed by atoms with Crippen molar-refractivity contribution < 1.29 is 9.53 Å². The van der Waals surface area contributed by atoms with Gasteiger partial charge in [-0.25, -0.2) is 0 Å². The summed E-state index contributed by atoms with van der Waals surface area (Å²) in [5, 5.41) is 0.545. The molecule has 80 valence electrons. The first-order valence-electron chi connectivity index (χ1n) is 4.79. The van der Waals surface area contributed by atoms with Gasteiger partial charge in [0.25, 0.3) is 0 Å². The van der Waals surface area contributed by atoms with Crippen molar-refractivity contribution in [3.63, 3.8) is 0 Å². The van der Waals surface area contributed by atoms with E-state index in [-0.39, 0.29) is 5.78 Å². The zero-order valence-corrected chi connectivity index (χ0v) is 8.96. The van der Waals surface area contributed by atoms with Gasteiger partial charge in [0.2, 0.25) is 0 Å². The van der Waals surface area contributed by atoms with Gasteiger partial charge in [0.1, 0.15) is 5.54 Å². The summed E-state index contributed by atoms with van der Waals surface area (Å²) in [5.74, 6) is -0.0949. The second-order valence-corrected chi connectivity index (χ2v) is 4.23. The van der Waals surface area contributed by atoms with E-state index < -0.39 is 5.54 Å². The van der Waals surface area contributed by atoms with E-state index in [0.717, 1.165) is 0 Å². The number of carbonyl (C=O) groups excluding carboxylic acids is 1. The topological polar surface area (TPSA) is 52.3 Å². The van der Waals surface area contributed by atoms with E-state index in [9.17, 15) is 4.79 Å². The minimum absolute atomic E-state index is 0.0949. The van der Waals surface area contributed by atoms with Crippen LogP contribution < -0.4 is 5.73 Å². The van der Waals surface area contributed by atoms with Crippen molar-refractivity contribution in [2.45, 2.75) is 12.0 Å². The molecule has 1 atom stereocenters. The van der Waals surface area contributed by atoms with Gasteiger partial charge in [0.15, 0.2) is 5.78 Å². The van der Waals surface area contributed by atoms with Crippen molar-refractivity contribution in [2.75, 3.05) is 13.2 Å². The number of hydrogen-bond donors (Lipinski definition) is 1. The molecule has 2 N–H and O–H groups in total. The van der Waals surface area contributed by atoms with Gasteiger partial charge in [-0.3, -0.25) is 4.79 Å². The molecule has 1 fully saturated rings. The smallest absolute Gasteiger partial charge is 0.185 e. The van der Waals surface area contributed by atoms with Crippen LogP contribution in [0.4, 0.5) is 0 Å². The third-order valence-corrected chi connectivity index (χ3v) is 2.83. The Morgan fingerprint density at radius 3 is 2.93 bits per heavy atom. The molecule has 0 bridgehead atoms. The van der Waals surface area contributed by atoms with Crippen LogP contribution in [0.25, 0.3) is 0 Å². The molecule has 1 unspecified atom stereocenters. The number of ether oxygens (including phenoxy) is 1. The Kier molecular flexibility index (Phi) is 2.78. The molecular weight excluding hydrogens is 214 g/mol. The number of hydrogen-bond acceptors (Lipinski definition) is 3. The predicted octanol–water partition coefficient (Wildman–Crippen LogP) is 1.64. The van der Waals surface area contributed by atoms with Crippen molar-refractivity contribution in [1.29, 1.82) is 0 Å². The lowest BCUT2D eigenvalue weighted by Crippen LogP contribution is -2.48. The highest BCUT2D eigenvalue weighted by molar-refractivity contribution is 6.31. The lowest BCUT2D eigenvalue weighted by Gasteiger charge is -2.19. The van der Waals surface area contributed by atoms with Gasteiger partial charge in [-0.15, -0.1) is 0 Å². The van der Waals surface area contributed by atoms with Gasteiger partial charge >= 0.3 is 0 Å². The van der Waals surface area contributed by atoms with E-state index >= 15 is 0 Å². The molecule has 1 saturated heterocycles. The van der Waals surface area contributed by atoms with Crippen LogP contribution in [-0.2, 0) is 4.74 Å². The van der Waals surface area contributed by atoms with Crippen molar-refractivity contribution >= 4 is 17.4 Å². The maximum Gasteiger partial charge on any atom is 0.185 e. The number of nitrogens with two attached hydrogens (primary N) is 1.